The van der Waals surface area contributed by atoms with Crippen molar-refractivity contribution in [3.63, 3.8) is 0 Å². The van der Waals surface area contributed by atoms with Gasteiger partial charge in [0.15, 0.2) is 0 Å². The minimum Gasteiger partial charge on any atom is -0.489 e. The van der Waals surface area contributed by atoms with Gasteiger partial charge in [0.1, 0.15) is 12.4 Å². The topological polar surface area (TPSA) is 55.8 Å². The number of halogens is 1. The summed E-state index contributed by atoms with van der Waals surface area (Å²) in [5, 5.41) is 9.13. The van der Waals surface area contributed by atoms with E-state index in [1.165, 1.54) is 12.1 Å². The number of rotatable bonds is 4. The van der Waals surface area contributed by atoms with Gasteiger partial charge in [-0.05, 0) is 37.5 Å². The van der Waals surface area contributed by atoms with E-state index in [1.54, 1.807) is 6.07 Å². The molecule has 1 aliphatic rings. The van der Waals surface area contributed by atoms with Crippen molar-refractivity contribution in [1.82, 2.24) is 0 Å². The summed E-state index contributed by atoms with van der Waals surface area (Å²) in [6, 6.07) is 4.45. The van der Waals surface area contributed by atoms with Crippen LogP contribution >= 0.6 is 11.6 Å². The van der Waals surface area contributed by atoms with Crippen LogP contribution in [-0.4, -0.2) is 30.4 Å². The van der Waals surface area contributed by atoms with Crippen LogP contribution in [0.3, 0.4) is 0 Å². The van der Waals surface area contributed by atoms with Gasteiger partial charge >= 0.3 is 5.97 Å². The van der Waals surface area contributed by atoms with Crippen LogP contribution in [0.1, 0.15) is 29.6 Å². The van der Waals surface area contributed by atoms with E-state index in [4.69, 9.17) is 26.2 Å². The summed E-state index contributed by atoms with van der Waals surface area (Å²) in [4.78, 5) is 10.8. The van der Waals surface area contributed by atoms with Gasteiger partial charge in [-0.3, -0.25) is 0 Å². The summed E-state index contributed by atoms with van der Waals surface area (Å²) in [6.45, 7) is 1.23. The van der Waals surface area contributed by atoms with Crippen molar-refractivity contribution in [3.8, 4) is 5.75 Å². The Labute approximate surface area is 110 Å². The molecule has 98 valence electrons. The van der Waals surface area contributed by atoms with Crippen LogP contribution in [0.15, 0.2) is 18.2 Å². The summed E-state index contributed by atoms with van der Waals surface area (Å²) < 4.78 is 11.1. The maximum absolute atomic E-state index is 10.8. The van der Waals surface area contributed by atoms with Crippen molar-refractivity contribution < 1.29 is 19.4 Å². The van der Waals surface area contributed by atoms with Crippen LogP contribution in [-0.2, 0) is 4.74 Å². The third-order valence-corrected chi connectivity index (χ3v) is 3.17. The predicted octanol–water partition coefficient (Wildman–Crippen LogP) is 2.99. The molecule has 2 rings (SSSR count). The standard InChI is InChI=1S/C13H15ClO4/c14-11-7-9(13(15)16)4-5-12(11)18-8-10-3-1-2-6-17-10/h4-5,7,10H,1-3,6,8H2,(H,15,16). The molecule has 5 heteroatoms. The number of hydrogen-bond acceptors (Lipinski definition) is 3. The van der Waals surface area contributed by atoms with E-state index in [0.717, 1.165) is 25.9 Å². The minimum atomic E-state index is -1.00. The molecule has 1 heterocycles. The molecule has 0 radical (unpaired) electrons. The van der Waals surface area contributed by atoms with Gasteiger partial charge in [-0.15, -0.1) is 0 Å². The zero-order valence-electron chi connectivity index (χ0n) is 9.89. The minimum absolute atomic E-state index is 0.106. The van der Waals surface area contributed by atoms with E-state index in [1.807, 2.05) is 0 Å². The molecule has 1 aliphatic heterocycles. The van der Waals surface area contributed by atoms with E-state index < -0.39 is 5.97 Å². The summed E-state index contributed by atoms with van der Waals surface area (Å²) in [5.41, 5.74) is 0.154. The first-order valence-corrected chi connectivity index (χ1v) is 6.32. The highest BCUT2D eigenvalue weighted by Crippen LogP contribution is 2.26. The fraction of sp³-hybridized carbons (Fsp3) is 0.462. The molecule has 1 saturated heterocycles. The highest BCUT2D eigenvalue weighted by molar-refractivity contribution is 6.32. The second kappa shape index (κ2) is 6.07. The fourth-order valence-corrected chi connectivity index (χ4v) is 2.11. The smallest absolute Gasteiger partial charge is 0.335 e. The molecule has 1 N–H and O–H groups in total. The molecule has 0 spiro atoms. The van der Waals surface area contributed by atoms with Crippen LogP contribution in [0.25, 0.3) is 0 Å². The van der Waals surface area contributed by atoms with E-state index in [-0.39, 0.29) is 11.7 Å². The predicted molar refractivity (Wildman–Crippen MR) is 67.5 cm³/mol. The highest BCUT2D eigenvalue weighted by atomic mass is 35.5. The Hall–Kier alpha value is -1.26. The molecule has 4 nitrogen and oxygen atoms in total. The van der Waals surface area contributed by atoms with Crippen LogP contribution < -0.4 is 4.74 Å². The number of hydrogen-bond donors (Lipinski definition) is 1. The molecule has 1 aromatic carbocycles. The van der Waals surface area contributed by atoms with Crippen molar-refractivity contribution in [3.05, 3.63) is 28.8 Å². The molecule has 1 aromatic rings. The van der Waals surface area contributed by atoms with Gasteiger partial charge in [0.2, 0.25) is 0 Å². The Kier molecular flexibility index (Phi) is 4.44. The van der Waals surface area contributed by atoms with Crippen molar-refractivity contribution in [2.24, 2.45) is 0 Å². The first-order chi connectivity index (χ1) is 8.66. The third-order valence-electron chi connectivity index (χ3n) is 2.88. The third kappa shape index (κ3) is 3.37. The van der Waals surface area contributed by atoms with Gasteiger partial charge in [-0.2, -0.15) is 0 Å². The number of carboxylic acid groups (broad SMARTS) is 1. The number of ether oxygens (including phenoxy) is 2. The van der Waals surface area contributed by atoms with Crippen LogP contribution in [0, 0.1) is 0 Å². The molecule has 0 amide bonds. The Balaban J connectivity index is 1.94. The molecular weight excluding hydrogens is 256 g/mol. The highest BCUT2D eigenvalue weighted by Gasteiger charge is 2.15. The quantitative estimate of drug-likeness (QED) is 0.914. The molecule has 0 saturated carbocycles. The molecule has 0 aliphatic carbocycles. The Morgan fingerprint density at radius 2 is 2.33 bits per heavy atom. The molecule has 1 fully saturated rings. The number of aromatic carboxylic acids is 1. The monoisotopic (exact) mass is 270 g/mol. The van der Waals surface area contributed by atoms with Gasteiger partial charge in [-0.25, -0.2) is 4.79 Å². The van der Waals surface area contributed by atoms with Gasteiger partial charge < -0.3 is 14.6 Å². The number of carboxylic acids is 1. The lowest BCUT2D eigenvalue weighted by atomic mass is 10.1. The van der Waals surface area contributed by atoms with Crippen molar-refractivity contribution in [2.45, 2.75) is 25.4 Å². The van der Waals surface area contributed by atoms with Gasteiger partial charge in [0.05, 0.1) is 16.7 Å². The summed E-state index contributed by atoms with van der Waals surface area (Å²) >= 11 is 5.96. The van der Waals surface area contributed by atoms with Crippen molar-refractivity contribution in [2.75, 3.05) is 13.2 Å². The lowest BCUT2D eigenvalue weighted by molar-refractivity contribution is -0.0110. The zero-order chi connectivity index (χ0) is 13.0. The molecular formula is C13H15ClO4. The number of benzene rings is 1. The van der Waals surface area contributed by atoms with Crippen LogP contribution in [0.4, 0.5) is 0 Å². The molecule has 0 aromatic heterocycles. The maximum Gasteiger partial charge on any atom is 0.335 e. The van der Waals surface area contributed by atoms with Crippen molar-refractivity contribution in [1.29, 1.82) is 0 Å². The molecule has 1 atom stereocenters. The Morgan fingerprint density at radius 3 is 2.94 bits per heavy atom. The second-order valence-electron chi connectivity index (χ2n) is 4.25. The van der Waals surface area contributed by atoms with E-state index in [0.29, 0.717) is 17.4 Å². The van der Waals surface area contributed by atoms with Gasteiger partial charge in [0.25, 0.3) is 0 Å². The largest absolute Gasteiger partial charge is 0.489 e. The summed E-state index contributed by atoms with van der Waals surface area (Å²) in [5.74, 6) is -0.505. The summed E-state index contributed by atoms with van der Waals surface area (Å²) in [6.07, 6.45) is 3.35. The normalized spacial score (nSPS) is 19.5. The summed E-state index contributed by atoms with van der Waals surface area (Å²) in [7, 11) is 0. The average Bonchev–Trinajstić information content (AvgIpc) is 2.38. The first kappa shape index (κ1) is 13.2. The van der Waals surface area contributed by atoms with Crippen molar-refractivity contribution >= 4 is 17.6 Å². The van der Waals surface area contributed by atoms with Gasteiger partial charge in [0, 0.05) is 6.61 Å². The van der Waals surface area contributed by atoms with Crippen LogP contribution in [0.5, 0.6) is 5.75 Å². The lowest BCUT2D eigenvalue weighted by Gasteiger charge is -2.22. The second-order valence-corrected chi connectivity index (χ2v) is 4.66. The molecule has 1 unspecified atom stereocenters. The van der Waals surface area contributed by atoms with Crippen LogP contribution in [0.2, 0.25) is 5.02 Å². The van der Waals surface area contributed by atoms with E-state index in [2.05, 4.69) is 0 Å². The zero-order valence-corrected chi connectivity index (χ0v) is 10.7. The van der Waals surface area contributed by atoms with E-state index >= 15 is 0 Å². The molecule has 0 bridgehead atoms. The van der Waals surface area contributed by atoms with Gasteiger partial charge in [-0.1, -0.05) is 11.6 Å². The molecule has 18 heavy (non-hydrogen) atoms. The SMILES string of the molecule is O=C(O)c1ccc(OCC2CCCCO2)c(Cl)c1. The average molecular weight is 271 g/mol. The number of carbonyl (C=O) groups is 1. The lowest BCUT2D eigenvalue weighted by Crippen LogP contribution is -2.25. The Morgan fingerprint density at radius 1 is 1.50 bits per heavy atom. The fourth-order valence-electron chi connectivity index (χ4n) is 1.87. The maximum atomic E-state index is 10.8. The Bertz CT molecular complexity index is 427. The first-order valence-electron chi connectivity index (χ1n) is 5.94. The van der Waals surface area contributed by atoms with E-state index in [9.17, 15) is 4.79 Å².